The second-order valence-electron chi connectivity index (χ2n) is 4.43. The molecule has 0 spiro atoms. The first kappa shape index (κ1) is 13.9. The van der Waals surface area contributed by atoms with Gasteiger partial charge >= 0.3 is 0 Å². The summed E-state index contributed by atoms with van der Waals surface area (Å²) < 4.78 is 0. The summed E-state index contributed by atoms with van der Waals surface area (Å²) in [6, 6.07) is 0. The van der Waals surface area contributed by atoms with Gasteiger partial charge in [0.05, 0.1) is 0 Å². The molecule has 0 radical (unpaired) electrons. The summed E-state index contributed by atoms with van der Waals surface area (Å²) in [5, 5.41) is 6.84. The molecule has 0 atom stereocenters. The molecule has 1 heterocycles. The first-order chi connectivity index (χ1) is 7.83. The van der Waals surface area contributed by atoms with E-state index in [0.29, 0.717) is 0 Å². The van der Waals surface area contributed by atoms with Gasteiger partial charge in [-0.05, 0) is 7.05 Å². The lowest BCUT2D eigenvalue weighted by Gasteiger charge is -2.27. The molecular weight excluding hydrogens is 202 g/mol. The van der Waals surface area contributed by atoms with Crippen LogP contribution in [0.15, 0.2) is 0 Å². The monoisotopic (exact) mass is 231 g/mol. The number of hydrogen-bond donors (Lipinski definition) is 3. The molecule has 0 amide bonds. The standard InChI is InChI=1S/C11H27N5.H2/c1-15(7-2-12)8-3-13-4-9-16-10-5-14-6-11-16;/h13-14H,2-12H2,1H3;1H. The maximum Gasteiger partial charge on any atom is 0.0108 e. The smallest absolute Gasteiger partial charge is 0.0108 e. The van der Waals surface area contributed by atoms with Gasteiger partial charge in [0.15, 0.2) is 0 Å². The van der Waals surface area contributed by atoms with Crippen molar-refractivity contribution >= 4 is 0 Å². The minimum absolute atomic E-state index is 0. The number of nitrogens with zero attached hydrogens (tertiary/aromatic N) is 2. The third-order valence-corrected chi connectivity index (χ3v) is 3.00. The van der Waals surface area contributed by atoms with E-state index in [-0.39, 0.29) is 1.43 Å². The average molecular weight is 231 g/mol. The van der Waals surface area contributed by atoms with Crippen LogP contribution in [-0.2, 0) is 0 Å². The van der Waals surface area contributed by atoms with E-state index in [1.807, 2.05) is 0 Å². The number of rotatable bonds is 8. The normalized spacial score (nSPS) is 18.2. The van der Waals surface area contributed by atoms with Crippen LogP contribution in [0, 0.1) is 0 Å². The van der Waals surface area contributed by atoms with Crippen molar-refractivity contribution in [1.29, 1.82) is 0 Å². The van der Waals surface area contributed by atoms with Gasteiger partial charge in [0, 0.05) is 66.9 Å². The SMILES string of the molecule is CN(CCN)CCNCCN1CCNCC1.[HH]. The van der Waals surface area contributed by atoms with Gasteiger partial charge < -0.3 is 21.3 Å². The summed E-state index contributed by atoms with van der Waals surface area (Å²) in [5.74, 6) is 0. The third-order valence-electron chi connectivity index (χ3n) is 3.00. The van der Waals surface area contributed by atoms with Crippen molar-refractivity contribution in [2.75, 3.05) is 72.5 Å². The number of hydrogen-bond acceptors (Lipinski definition) is 5. The van der Waals surface area contributed by atoms with Crippen molar-refractivity contribution in [3.8, 4) is 0 Å². The molecule has 16 heavy (non-hydrogen) atoms. The lowest BCUT2D eigenvalue weighted by atomic mass is 10.3. The van der Waals surface area contributed by atoms with Crippen LogP contribution >= 0.6 is 0 Å². The maximum absolute atomic E-state index is 5.48. The Morgan fingerprint density at radius 2 is 2.06 bits per heavy atom. The Balaban J connectivity index is 0.00000256. The lowest BCUT2D eigenvalue weighted by molar-refractivity contribution is 0.239. The fourth-order valence-electron chi connectivity index (χ4n) is 1.90. The highest BCUT2D eigenvalue weighted by atomic mass is 15.2. The van der Waals surface area contributed by atoms with E-state index in [9.17, 15) is 0 Å². The first-order valence-corrected chi connectivity index (χ1v) is 6.35. The molecule has 1 rings (SSSR count). The fraction of sp³-hybridized carbons (Fsp3) is 1.00. The summed E-state index contributed by atoms with van der Waals surface area (Å²) in [6.07, 6.45) is 0. The highest BCUT2D eigenvalue weighted by Crippen LogP contribution is 1.89. The third kappa shape index (κ3) is 6.40. The van der Waals surface area contributed by atoms with E-state index in [4.69, 9.17) is 5.73 Å². The largest absolute Gasteiger partial charge is 0.329 e. The molecule has 1 saturated heterocycles. The van der Waals surface area contributed by atoms with Crippen LogP contribution in [0.1, 0.15) is 1.43 Å². The Hall–Kier alpha value is -0.200. The van der Waals surface area contributed by atoms with Crippen LogP contribution in [-0.4, -0.2) is 82.3 Å². The van der Waals surface area contributed by atoms with E-state index >= 15 is 0 Å². The maximum atomic E-state index is 5.48. The molecule has 1 aliphatic heterocycles. The van der Waals surface area contributed by atoms with Crippen molar-refractivity contribution in [2.45, 2.75) is 0 Å². The van der Waals surface area contributed by atoms with Gasteiger partial charge in [-0.2, -0.15) is 0 Å². The van der Waals surface area contributed by atoms with Crippen LogP contribution in [0.3, 0.4) is 0 Å². The first-order valence-electron chi connectivity index (χ1n) is 6.35. The minimum Gasteiger partial charge on any atom is -0.329 e. The van der Waals surface area contributed by atoms with E-state index in [0.717, 1.165) is 45.8 Å². The highest BCUT2D eigenvalue weighted by molar-refractivity contribution is 4.68. The number of nitrogens with one attached hydrogen (secondary N) is 2. The summed E-state index contributed by atoms with van der Waals surface area (Å²) in [7, 11) is 2.12. The Morgan fingerprint density at radius 1 is 1.31 bits per heavy atom. The predicted molar refractivity (Wildman–Crippen MR) is 70.8 cm³/mol. The van der Waals surface area contributed by atoms with Gasteiger partial charge in [-0.25, -0.2) is 0 Å². The van der Waals surface area contributed by atoms with E-state index in [1.54, 1.807) is 0 Å². The number of likely N-dealkylation sites (N-methyl/N-ethyl adjacent to an activating group) is 1. The quantitative estimate of drug-likeness (QED) is 0.450. The summed E-state index contributed by atoms with van der Waals surface area (Å²) in [6.45, 7) is 10.8. The Labute approximate surface area is 101 Å². The zero-order chi connectivity index (χ0) is 11.6. The Kier molecular flexibility index (Phi) is 7.71. The molecule has 0 aromatic rings. The van der Waals surface area contributed by atoms with E-state index in [2.05, 4.69) is 27.5 Å². The number of piperazine rings is 1. The van der Waals surface area contributed by atoms with Crippen LogP contribution in [0.25, 0.3) is 0 Å². The Morgan fingerprint density at radius 3 is 2.75 bits per heavy atom. The van der Waals surface area contributed by atoms with Gasteiger partial charge in [-0.3, -0.25) is 4.90 Å². The molecule has 5 nitrogen and oxygen atoms in total. The molecule has 1 fully saturated rings. The fourth-order valence-corrected chi connectivity index (χ4v) is 1.90. The topological polar surface area (TPSA) is 56.6 Å². The zero-order valence-electron chi connectivity index (χ0n) is 10.5. The molecule has 1 aliphatic rings. The molecule has 0 aromatic heterocycles. The molecule has 0 unspecified atom stereocenters. The molecule has 98 valence electrons. The van der Waals surface area contributed by atoms with E-state index in [1.165, 1.54) is 19.6 Å². The molecule has 0 aliphatic carbocycles. The molecule has 4 N–H and O–H groups in total. The van der Waals surface area contributed by atoms with Crippen molar-refractivity contribution in [1.82, 2.24) is 20.4 Å². The second-order valence-corrected chi connectivity index (χ2v) is 4.43. The van der Waals surface area contributed by atoms with Crippen molar-refractivity contribution in [3.05, 3.63) is 0 Å². The second kappa shape index (κ2) is 8.90. The van der Waals surface area contributed by atoms with Gasteiger partial charge in [0.1, 0.15) is 0 Å². The van der Waals surface area contributed by atoms with Gasteiger partial charge in [0.25, 0.3) is 0 Å². The van der Waals surface area contributed by atoms with Gasteiger partial charge in [-0.1, -0.05) is 0 Å². The van der Waals surface area contributed by atoms with E-state index < -0.39 is 0 Å². The van der Waals surface area contributed by atoms with Crippen LogP contribution in [0.4, 0.5) is 0 Å². The van der Waals surface area contributed by atoms with Crippen molar-refractivity contribution < 1.29 is 1.43 Å². The highest BCUT2D eigenvalue weighted by Gasteiger charge is 2.07. The van der Waals surface area contributed by atoms with Crippen molar-refractivity contribution in [2.24, 2.45) is 5.73 Å². The van der Waals surface area contributed by atoms with Gasteiger partial charge in [0.2, 0.25) is 0 Å². The van der Waals surface area contributed by atoms with Crippen LogP contribution in [0.5, 0.6) is 0 Å². The van der Waals surface area contributed by atoms with Crippen LogP contribution < -0.4 is 16.4 Å². The Bertz CT molecular complexity index is 164. The molecule has 0 bridgehead atoms. The molecular formula is C11H29N5. The summed E-state index contributed by atoms with van der Waals surface area (Å²) >= 11 is 0. The average Bonchev–Trinajstić information content (AvgIpc) is 2.30. The van der Waals surface area contributed by atoms with Gasteiger partial charge in [-0.15, -0.1) is 0 Å². The number of nitrogens with two attached hydrogens (primary N) is 1. The summed E-state index contributed by atoms with van der Waals surface area (Å²) in [4.78, 5) is 4.77. The van der Waals surface area contributed by atoms with Crippen LogP contribution in [0.2, 0.25) is 0 Å². The predicted octanol–water partition coefficient (Wildman–Crippen LogP) is -1.38. The lowest BCUT2D eigenvalue weighted by Crippen LogP contribution is -2.46. The zero-order valence-corrected chi connectivity index (χ0v) is 10.5. The summed E-state index contributed by atoms with van der Waals surface area (Å²) in [5.41, 5.74) is 5.48. The molecule has 5 heteroatoms. The molecule has 0 saturated carbocycles. The minimum atomic E-state index is 0. The molecule has 0 aromatic carbocycles. The van der Waals surface area contributed by atoms with Crippen molar-refractivity contribution in [3.63, 3.8) is 0 Å².